The van der Waals surface area contributed by atoms with E-state index in [1.807, 2.05) is 20.0 Å². The number of carboxylic acid groups (broad SMARTS) is 1. The molecule has 1 N–H and O–H groups in total. The second-order valence-corrected chi connectivity index (χ2v) is 6.44. The van der Waals surface area contributed by atoms with E-state index in [9.17, 15) is 13.2 Å². The highest BCUT2D eigenvalue weighted by atomic mass is 19.4. The molecule has 0 aliphatic carbocycles. The van der Waals surface area contributed by atoms with E-state index in [1.165, 1.54) is 5.56 Å². The molecule has 3 heterocycles. The van der Waals surface area contributed by atoms with Gasteiger partial charge in [0.15, 0.2) is 0 Å². The second kappa shape index (κ2) is 8.74. The molecule has 0 spiro atoms. The van der Waals surface area contributed by atoms with Gasteiger partial charge in [0.25, 0.3) is 0 Å². The van der Waals surface area contributed by atoms with Gasteiger partial charge < -0.3 is 18.9 Å². The van der Waals surface area contributed by atoms with Crippen molar-refractivity contribution >= 4 is 5.97 Å². The highest BCUT2D eigenvalue weighted by Gasteiger charge is 2.38. The fraction of sp³-hybridized carbons (Fsp3) is 0.588. The lowest BCUT2D eigenvalue weighted by molar-refractivity contribution is -0.192. The summed E-state index contributed by atoms with van der Waals surface area (Å²) in [6, 6.07) is 0.276. The van der Waals surface area contributed by atoms with Gasteiger partial charge in [0.2, 0.25) is 0 Å². The largest absolute Gasteiger partial charge is 0.490 e. The topological polar surface area (TPSA) is 93.6 Å². The highest BCUT2D eigenvalue weighted by molar-refractivity contribution is 5.73. The number of halogens is 3. The van der Waals surface area contributed by atoms with Crippen LogP contribution < -0.4 is 0 Å². The van der Waals surface area contributed by atoms with Crippen LogP contribution in [0.5, 0.6) is 0 Å². The first-order valence-electron chi connectivity index (χ1n) is 8.55. The van der Waals surface area contributed by atoms with Crippen molar-refractivity contribution in [2.75, 3.05) is 13.7 Å². The molecule has 0 amide bonds. The molecule has 1 aliphatic rings. The molecule has 0 bridgehead atoms. The minimum Gasteiger partial charge on any atom is -0.475 e. The number of fused-ring (bicyclic) bond motifs is 1. The van der Waals surface area contributed by atoms with Crippen LogP contribution in [0.15, 0.2) is 10.7 Å². The molecular weight excluding hydrogens is 381 g/mol. The molecule has 28 heavy (non-hydrogen) atoms. The van der Waals surface area contributed by atoms with E-state index < -0.39 is 12.1 Å². The number of hydrogen-bond acceptors (Lipinski definition) is 6. The Bertz CT molecular complexity index is 796. The first kappa shape index (κ1) is 21.9. The Kier molecular flexibility index (Phi) is 6.83. The Morgan fingerprint density at radius 3 is 2.54 bits per heavy atom. The van der Waals surface area contributed by atoms with Crippen LogP contribution in [0.1, 0.15) is 41.5 Å². The zero-order chi connectivity index (χ0) is 21.1. The average Bonchev–Trinajstić information content (AvgIpc) is 3.16. The van der Waals surface area contributed by atoms with Crippen molar-refractivity contribution in [3.05, 3.63) is 34.7 Å². The summed E-state index contributed by atoms with van der Waals surface area (Å²) >= 11 is 0. The van der Waals surface area contributed by atoms with Crippen molar-refractivity contribution in [1.29, 1.82) is 0 Å². The van der Waals surface area contributed by atoms with E-state index in [-0.39, 0.29) is 6.04 Å². The summed E-state index contributed by atoms with van der Waals surface area (Å²) in [6.07, 6.45) is -3.16. The van der Waals surface area contributed by atoms with E-state index in [0.29, 0.717) is 6.61 Å². The lowest BCUT2D eigenvalue weighted by atomic mass is 10.1. The van der Waals surface area contributed by atoms with Gasteiger partial charge in [0.05, 0.1) is 30.2 Å². The van der Waals surface area contributed by atoms with Gasteiger partial charge in [-0.05, 0) is 20.8 Å². The second-order valence-electron chi connectivity index (χ2n) is 6.44. The SMILES string of the molecule is COCc1cnc2n1CCN(Cc1c(C)noc1C)C2C.O=C(O)C(F)(F)F. The standard InChI is InChI=1S/C15H22N4O2.C2HF3O2/c1-10-14(12(3)21-17-10)8-18-5-6-19-13(9-20-4)7-16-15(19)11(18)2;3-2(4,5)1(6)7/h7,11H,5-6,8-9H2,1-4H3;(H,6,7). The number of methoxy groups -OCH3 is 1. The van der Waals surface area contributed by atoms with Gasteiger partial charge in [-0.1, -0.05) is 5.16 Å². The lowest BCUT2D eigenvalue weighted by Crippen LogP contribution is -2.37. The molecule has 11 heteroatoms. The van der Waals surface area contributed by atoms with Gasteiger partial charge in [-0.15, -0.1) is 0 Å². The molecule has 2 aromatic heterocycles. The minimum absolute atomic E-state index is 0.276. The molecular formula is C17H23F3N4O4. The molecule has 8 nitrogen and oxygen atoms in total. The average molecular weight is 404 g/mol. The fourth-order valence-corrected chi connectivity index (χ4v) is 3.01. The quantitative estimate of drug-likeness (QED) is 0.837. The van der Waals surface area contributed by atoms with E-state index in [2.05, 4.69) is 26.5 Å². The number of ether oxygens (including phenoxy) is 1. The number of aryl methyl sites for hydroxylation is 2. The monoisotopic (exact) mass is 404 g/mol. The van der Waals surface area contributed by atoms with E-state index in [0.717, 1.165) is 42.6 Å². The predicted octanol–water partition coefficient (Wildman–Crippen LogP) is 2.84. The summed E-state index contributed by atoms with van der Waals surface area (Å²) in [5.41, 5.74) is 3.32. The van der Waals surface area contributed by atoms with Crippen LogP contribution in [0, 0.1) is 13.8 Å². The molecule has 156 valence electrons. The molecule has 1 atom stereocenters. The number of imidazole rings is 1. The predicted molar refractivity (Wildman–Crippen MR) is 91.4 cm³/mol. The third-order valence-electron chi connectivity index (χ3n) is 4.58. The number of aromatic nitrogens is 3. The van der Waals surface area contributed by atoms with Crippen molar-refractivity contribution in [3.8, 4) is 0 Å². The van der Waals surface area contributed by atoms with Crippen molar-refractivity contribution < 1.29 is 32.3 Å². The van der Waals surface area contributed by atoms with Crippen LogP contribution in [0.2, 0.25) is 0 Å². The summed E-state index contributed by atoms with van der Waals surface area (Å²) in [4.78, 5) is 15.9. The van der Waals surface area contributed by atoms with Crippen LogP contribution in [0.3, 0.4) is 0 Å². The van der Waals surface area contributed by atoms with Crippen LogP contribution >= 0.6 is 0 Å². The molecule has 1 unspecified atom stereocenters. The van der Waals surface area contributed by atoms with Crippen molar-refractivity contribution in [3.63, 3.8) is 0 Å². The Morgan fingerprint density at radius 1 is 1.39 bits per heavy atom. The number of carboxylic acids is 1. The van der Waals surface area contributed by atoms with E-state index in [4.69, 9.17) is 19.2 Å². The number of carbonyl (C=O) groups is 1. The number of rotatable bonds is 4. The Hall–Kier alpha value is -2.40. The first-order valence-corrected chi connectivity index (χ1v) is 8.55. The van der Waals surface area contributed by atoms with Crippen LogP contribution in [-0.2, 0) is 29.2 Å². The third-order valence-corrected chi connectivity index (χ3v) is 4.58. The molecule has 0 saturated carbocycles. The van der Waals surface area contributed by atoms with Gasteiger partial charge in [-0.2, -0.15) is 13.2 Å². The van der Waals surface area contributed by atoms with Gasteiger partial charge in [0.1, 0.15) is 11.6 Å². The molecule has 2 aromatic rings. The third kappa shape index (κ3) is 4.90. The lowest BCUT2D eigenvalue weighted by Gasteiger charge is -2.34. The number of aliphatic carboxylic acids is 1. The van der Waals surface area contributed by atoms with Crippen molar-refractivity contribution in [2.45, 2.75) is 52.7 Å². The summed E-state index contributed by atoms with van der Waals surface area (Å²) in [5.74, 6) is -0.735. The van der Waals surface area contributed by atoms with Crippen molar-refractivity contribution in [2.24, 2.45) is 0 Å². The molecule has 1 aliphatic heterocycles. The Balaban J connectivity index is 0.000000345. The fourth-order valence-electron chi connectivity index (χ4n) is 3.01. The van der Waals surface area contributed by atoms with Gasteiger partial charge in [0, 0.05) is 32.3 Å². The molecule has 0 aromatic carbocycles. The molecule has 0 saturated heterocycles. The maximum absolute atomic E-state index is 10.6. The van der Waals surface area contributed by atoms with Crippen molar-refractivity contribution in [1.82, 2.24) is 19.6 Å². The molecule has 3 rings (SSSR count). The first-order chi connectivity index (χ1) is 13.1. The summed E-state index contributed by atoms with van der Waals surface area (Å²) in [7, 11) is 1.72. The maximum Gasteiger partial charge on any atom is 0.490 e. The van der Waals surface area contributed by atoms with E-state index >= 15 is 0 Å². The summed E-state index contributed by atoms with van der Waals surface area (Å²) < 4.78 is 44.5. The van der Waals surface area contributed by atoms with Gasteiger partial charge in [-0.3, -0.25) is 4.90 Å². The summed E-state index contributed by atoms with van der Waals surface area (Å²) in [6.45, 7) is 9.58. The zero-order valence-corrected chi connectivity index (χ0v) is 16.1. The molecule has 0 radical (unpaired) electrons. The van der Waals surface area contributed by atoms with Gasteiger partial charge in [-0.25, -0.2) is 9.78 Å². The highest BCUT2D eigenvalue weighted by Crippen LogP contribution is 2.28. The van der Waals surface area contributed by atoms with Gasteiger partial charge >= 0.3 is 12.1 Å². The molecule has 0 fully saturated rings. The number of nitrogens with zero attached hydrogens (tertiary/aromatic N) is 4. The van der Waals surface area contributed by atoms with Crippen LogP contribution in [0.25, 0.3) is 0 Å². The normalized spacial score (nSPS) is 17.0. The van der Waals surface area contributed by atoms with Crippen LogP contribution in [0.4, 0.5) is 13.2 Å². The smallest absolute Gasteiger partial charge is 0.475 e. The maximum atomic E-state index is 10.6. The van der Waals surface area contributed by atoms with Crippen LogP contribution in [-0.4, -0.2) is 50.5 Å². The zero-order valence-electron chi connectivity index (χ0n) is 16.1. The number of hydrogen-bond donors (Lipinski definition) is 1. The number of alkyl halides is 3. The Labute approximate surface area is 159 Å². The summed E-state index contributed by atoms with van der Waals surface area (Å²) in [5, 5.41) is 11.2. The Morgan fingerprint density at radius 2 is 2.04 bits per heavy atom. The minimum atomic E-state index is -5.08. The van der Waals surface area contributed by atoms with E-state index in [1.54, 1.807) is 7.11 Å².